The van der Waals surface area contributed by atoms with Crippen LogP contribution in [0.15, 0.2) is 0 Å². The van der Waals surface area contributed by atoms with E-state index in [1.165, 1.54) is 0 Å². The first-order chi connectivity index (χ1) is 5.47. The van der Waals surface area contributed by atoms with Gasteiger partial charge in [-0.15, -0.1) is 0 Å². The van der Waals surface area contributed by atoms with E-state index >= 15 is 0 Å². The molecule has 1 aliphatic rings. The molecule has 0 aromatic heterocycles. The Kier molecular flexibility index (Phi) is 3.08. The van der Waals surface area contributed by atoms with E-state index in [-0.39, 0.29) is 11.2 Å². The van der Waals surface area contributed by atoms with Crippen LogP contribution in [-0.4, -0.2) is 29.9 Å². The van der Waals surface area contributed by atoms with E-state index in [2.05, 4.69) is 31.4 Å². The average molecular weight is 188 g/mol. The maximum absolute atomic E-state index is 10.9. The Morgan fingerprint density at radius 2 is 2.33 bits per heavy atom. The van der Waals surface area contributed by atoms with Crippen LogP contribution in [0.2, 0.25) is 0 Å². The number of carbonyl (C=O) groups excluding carboxylic acids is 1. The third kappa shape index (κ3) is 3.51. The number of amides is 1. The second-order valence-electron chi connectivity index (χ2n) is 4.18. The normalized spacial score (nSPS) is 26.2. The highest BCUT2D eigenvalue weighted by Gasteiger charge is 2.21. The van der Waals surface area contributed by atoms with Gasteiger partial charge in [-0.05, 0) is 35.5 Å². The molecule has 0 radical (unpaired) electrons. The van der Waals surface area contributed by atoms with Gasteiger partial charge < -0.3 is 10.6 Å². The molecular formula is C8H17N2OP. The fourth-order valence-electron chi connectivity index (χ4n) is 1.06. The van der Waals surface area contributed by atoms with E-state index in [4.69, 9.17) is 0 Å². The van der Waals surface area contributed by atoms with Crippen LogP contribution in [-0.2, 0) is 0 Å². The second-order valence-corrected chi connectivity index (χ2v) is 5.40. The van der Waals surface area contributed by atoms with Crippen molar-refractivity contribution in [1.82, 2.24) is 10.6 Å². The number of hydrogen-bond donors (Lipinski definition) is 2. The standard InChI is InChI=1S/C8H17N2OP/c1-8(2,3)9-4-6-5-12-7(11)10-6/h6,9,12H,4-5H2,1-3H3,(H,10,11). The first-order valence-electron chi connectivity index (χ1n) is 4.27. The van der Waals surface area contributed by atoms with Gasteiger partial charge in [0.1, 0.15) is 0 Å². The molecule has 0 bridgehead atoms. The second kappa shape index (κ2) is 3.71. The predicted octanol–water partition coefficient (Wildman–Crippen LogP) is 1.14. The smallest absolute Gasteiger partial charge is 0.238 e. The van der Waals surface area contributed by atoms with Crippen molar-refractivity contribution in [3.63, 3.8) is 0 Å². The van der Waals surface area contributed by atoms with Crippen LogP contribution in [0.3, 0.4) is 0 Å². The minimum Gasteiger partial charge on any atom is -0.348 e. The van der Waals surface area contributed by atoms with E-state index in [0.717, 1.165) is 12.7 Å². The lowest BCUT2D eigenvalue weighted by Gasteiger charge is -2.22. The van der Waals surface area contributed by atoms with Gasteiger partial charge in [-0.25, -0.2) is 0 Å². The van der Waals surface area contributed by atoms with Crippen LogP contribution in [0.4, 0.5) is 4.79 Å². The molecule has 2 unspecified atom stereocenters. The molecule has 1 saturated heterocycles. The number of rotatable bonds is 2. The molecule has 2 N–H and O–H groups in total. The maximum atomic E-state index is 10.9. The van der Waals surface area contributed by atoms with E-state index in [0.29, 0.717) is 14.6 Å². The Morgan fingerprint density at radius 1 is 1.67 bits per heavy atom. The van der Waals surface area contributed by atoms with E-state index in [1.807, 2.05) is 0 Å². The fraction of sp³-hybridized carbons (Fsp3) is 0.875. The molecule has 0 aromatic rings. The monoisotopic (exact) mass is 188 g/mol. The van der Waals surface area contributed by atoms with Crippen molar-refractivity contribution < 1.29 is 4.79 Å². The Bertz CT molecular complexity index is 176. The molecule has 2 atom stereocenters. The summed E-state index contributed by atoms with van der Waals surface area (Å²) in [6, 6.07) is 0.357. The third-order valence-corrected chi connectivity index (χ3v) is 2.89. The molecule has 0 aliphatic carbocycles. The zero-order valence-corrected chi connectivity index (χ0v) is 8.90. The number of nitrogens with one attached hydrogen (secondary N) is 2. The third-order valence-electron chi connectivity index (χ3n) is 1.72. The molecule has 1 heterocycles. The highest BCUT2D eigenvalue weighted by Crippen LogP contribution is 2.19. The molecule has 0 aromatic carbocycles. The van der Waals surface area contributed by atoms with Gasteiger partial charge in [0, 0.05) is 18.1 Å². The van der Waals surface area contributed by atoms with Crippen LogP contribution in [0.1, 0.15) is 20.8 Å². The summed E-state index contributed by atoms with van der Waals surface area (Å²) < 4.78 is 0. The van der Waals surface area contributed by atoms with Gasteiger partial charge in [-0.2, -0.15) is 0 Å². The molecular weight excluding hydrogens is 171 g/mol. The Balaban J connectivity index is 2.20. The molecule has 1 amide bonds. The SMILES string of the molecule is CC(C)(C)NCC1CPC(=O)N1. The maximum Gasteiger partial charge on any atom is 0.238 e. The lowest BCUT2D eigenvalue weighted by atomic mass is 10.1. The largest absolute Gasteiger partial charge is 0.348 e. The van der Waals surface area contributed by atoms with Crippen molar-refractivity contribution in [3.05, 3.63) is 0 Å². The van der Waals surface area contributed by atoms with Gasteiger partial charge in [0.25, 0.3) is 0 Å². The molecule has 4 heteroatoms. The Labute approximate surface area is 75.5 Å². The van der Waals surface area contributed by atoms with Gasteiger partial charge >= 0.3 is 0 Å². The fourth-order valence-corrected chi connectivity index (χ4v) is 2.04. The van der Waals surface area contributed by atoms with E-state index in [9.17, 15) is 4.79 Å². The summed E-state index contributed by atoms with van der Waals surface area (Å²) in [5.74, 6) is 0. The average Bonchev–Trinajstić information content (AvgIpc) is 2.30. The molecule has 1 fully saturated rings. The van der Waals surface area contributed by atoms with Gasteiger partial charge in [-0.1, -0.05) is 0 Å². The zero-order chi connectivity index (χ0) is 9.19. The number of carbonyl (C=O) groups is 1. The topological polar surface area (TPSA) is 41.1 Å². The Hall–Kier alpha value is -0.140. The Morgan fingerprint density at radius 3 is 2.75 bits per heavy atom. The van der Waals surface area contributed by atoms with Crippen LogP contribution in [0.25, 0.3) is 0 Å². The first kappa shape index (κ1) is 9.94. The lowest BCUT2D eigenvalue weighted by Crippen LogP contribution is -2.45. The lowest BCUT2D eigenvalue weighted by molar-refractivity contribution is 0.259. The summed E-state index contributed by atoms with van der Waals surface area (Å²) in [4.78, 5) is 10.9. The van der Waals surface area contributed by atoms with Crippen LogP contribution >= 0.6 is 8.58 Å². The van der Waals surface area contributed by atoms with Crippen molar-refractivity contribution in [2.75, 3.05) is 12.7 Å². The van der Waals surface area contributed by atoms with E-state index < -0.39 is 0 Å². The van der Waals surface area contributed by atoms with E-state index in [1.54, 1.807) is 0 Å². The molecule has 1 aliphatic heterocycles. The summed E-state index contributed by atoms with van der Waals surface area (Å²) in [5, 5.41) is 6.31. The van der Waals surface area contributed by atoms with Crippen molar-refractivity contribution in [2.45, 2.75) is 32.4 Å². The summed E-state index contributed by atoms with van der Waals surface area (Å²) in [7, 11) is 0.466. The first-order valence-corrected chi connectivity index (χ1v) is 5.47. The molecule has 70 valence electrons. The number of hydrogen-bond acceptors (Lipinski definition) is 2. The van der Waals surface area contributed by atoms with Crippen LogP contribution in [0, 0.1) is 0 Å². The van der Waals surface area contributed by atoms with Gasteiger partial charge in [0.2, 0.25) is 5.65 Å². The predicted molar refractivity (Wildman–Crippen MR) is 53.3 cm³/mol. The quantitative estimate of drug-likeness (QED) is 0.638. The molecule has 0 saturated carbocycles. The highest BCUT2D eigenvalue weighted by atomic mass is 31.1. The van der Waals surface area contributed by atoms with Crippen LogP contribution in [0.5, 0.6) is 0 Å². The summed E-state index contributed by atoms with van der Waals surface area (Å²) in [6.07, 6.45) is 1.00. The van der Waals surface area contributed by atoms with Crippen molar-refractivity contribution in [2.24, 2.45) is 0 Å². The van der Waals surface area contributed by atoms with Gasteiger partial charge in [-0.3, -0.25) is 4.79 Å². The summed E-state index contributed by atoms with van der Waals surface area (Å²) in [6.45, 7) is 7.28. The van der Waals surface area contributed by atoms with Crippen molar-refractivity contribution >= 4 is 14.2 Å². The molecule has 1 rings (SSSR count). The highest BCUT2D eigenvalue weighted by molar-refractivity contribution is 7.58. The minimum absolute atomic E-state index is 0.149. The summed E-state index contributed by atoms with van der Waals surface area (Å²) in [5.41, 5.74) is 0.367. The molecule has 12 heavy (non-hydrogen) atoms. The minimum atomic E-state index is 0.149. The van der Waals surface area contributed by atoms with Crippen molar-refractivity contribution in [3.8, 4) is 0 Å². The van der Waals surface area contributed by atoms with Crippen LogP contribution < -0.4 is 10.6 Å². The van der Waals surface area contributed by atoms with Crippen molar-refractivity contribution in [1.29, 1.82) is 0 Å². The molecule has 0 spiro atoms. The zero-order valence-electron chi connectivity index (χ0n) is 7.90. The molecule has 3 nitrogen and oxygen atoms in total. The van der Waals surface area contributed by atoms with Gasteiger partial charge in [0.05, 0.1) is 0 Å². The van der Waals surface area contributed by atoms with Gasteiger partial charge in [0.15, 0.2) is 0 Å². The summed E-state index contributed by atoms with van der Waals surface area (Å²) >= 11 is 0.